The van der Waals surface area contributed by atoms with E-state index in [4.69, 9.17) is 14.5 Å². The molecule has 0 spiro atoms. The lowest BCUT2D eigenvalue weighted by Gasteiger charge is -2.31. The van der Waals surface area contributed by atoms with Crippen molar-refractivity contribution < 1.29 is 14.3 Å². The number of rotatable bonds is 5. The Balaban J connectivity index is 1.83. The van der Waals surface area contributed by atoms with Crippen molar-refractivity contribution in [1.82, 2.24) is 9.55 Å². The van der Waals surface area contributed by atoms with Gasteiger partial charge in [0, 0.05) is 0 Å². The third kappa shape index (κ3) is 3.30. The average Bonchev–Trinajstić information content (AvgIpc) is 3.22. The van der Waals surface area contributed by atoms with Crippen molar-refractivity contribution in [3.05, 3.63) is 95.6 Å². The Morgan fingerprint density at radius 1 is 1.03 bits per heavy atom. The highest BCUT2D eigenvalue weighted by Gasteiger charge is 2.36. The minimum Gasteiger partial charge on any atom is -0.497 e. The van der Waals surface area contributed by atoms with Gasteiger partial charge >= 0.3 is 5.97 Å². The number of aromatic nitrogens is 2. The van der Waals surface area contributed by atoms with Crippen LogP contribution >= 0.6 is 0 Å². The van der Waals surface area contributed by atoms with Crippen molar-refractivity contribution in [3.63, 3.8) is 0 Å². The van der Waals surface area contributed by atoms with E-state index in [1.165, 1.54) is 0 Å². The van der Waals surface area contributed by atoms with Gasteiger partial charge in [-0.3, -0.25) is 4.57 Å². The monoisotopic (exact) mass is 425 g/mol. The number of fused-ring (bicyclic) bond motifs is 3. The number of hydrogen-bond acceptors (Lipinski definition) is 5. The molecule has 32 heavy (non-hydrogen) atoms. The summed E-state index contributed by atoms with van der Waals surface area (Å²) in [5, 5.41) is 3.42. The summed E-state index contributed by atoms with van der Waals surface area (Å²) in [6.45, 7) is 2.10. The summed E-state index contributed by atoms with van der Waals surface area (Å²) in [4.78, 5) is 18.2. The quantitative estimate of drug-likeness (QED) is 0.454. The molecule has 5 rings (SSSR count). The van der Waals surface area contributed by atoms with E-state index in [2.05, 4.69) is 9.88 Å². The first-order chi connectivity index (χ1) is 15.7. The summed E-state index contributed by atoms with van der Waals surface area (Å²) >= 11 is 0. The van der Waals surface area contributed by atoms with Gasteiger partial charge in [-0.1, -0.05) is 54.6 Å². The molecule has 1 aliphatic heterocycles. The van der Waals surface area contributed by atoms with E-state index in [1.807, 2.05) is 85.8 Å². The van der Waals surface area contributed by atoms with E-state index < -0.39 is 6.04 Å². The zero-order valence-corrected chi connectivity index (χ0v) is 17.9. The van der Waals surface area contributed by atoms with Gasteiger partial charge in [0.2, 0.25) is 5.95 Å². The predicted molar refractivity (Wildman–Crippen MR) is 124 cm³/mol. The normalized spacial score (nSPS) is 15.2. The number of para-hydroxylation sites is 2. The maximum atomic E-state index is 13.4. The lowest BCUT2D eigenvalue weighted by atomic mass is 9.92. The van der Waals surface area contributed by atoms with Gasteiger partial charge in [0.1, 0.15) is 5.75 Å². The Morgan fingerprint density at radius 3 is 2.59 bits per heavy atom. The van der Waals surface area contributed by atoms with Crippen LogP contribution in [0.2, 0.25) is 0 Å². The highest BCUT2D eigenvalue weighted by molar-refractivity contribution is 6.03. The van der Waals surface area contributed by atoms with E-state index >= 15 is 0 Å². The van der Waals surface area contributed by atoms with E-state index in [9.17, 15) is 4.79 Å². The molecule has 0 aliphatic carbocycles. The molecule has 0 amide bonds. The minimum absolute atomic E-state index is 0.284. The number of nitrogens with zero attached hydrogens (tertiary/aromatic N) is 2. The number of methoxy groups -OCH3 is 1. The number of esters is 1. The van der Waals surface area contributed by atoms with Crippen molar-refractivity contribution in [1.29, 1.82) is 0 Å². The summed E-state index contributed by atoms with van der Waals surface area (Å²) < 4.78 is 13.1. The van der Waals surface area contributed by atoms with E-state index in [-0.39, 0.29) is 12.6 Å². The number of benzene rings is 3. The van der Waals surface area contributed by atoms with Gasteiger partial charge in [-0.15, -0.1) is 0 Å². The van der Waals surface area contributed by atoms with Crippen molar-refractivity contribution in [3.8, 4) is 5.75 Å². The predicted octanol–water partition coefficient (Wildman–Crippen LogP) is 5.03. The molecule has 0 saturated heterocycles. The van der Waals surface area contributed by atoms with Crippen LogP contribution in [0.25, 0.3) is 16.7 Å². The Bertz CT molecular complexity index is 1320. The number of hydrogen-bond donors (Lipinski definition) is 1. The van der Waals surface area contributed by atoms with Crippen LogP contribution in [0.3, 0.4) is 0 Å². The fraction of sp³-hybridized carbons (Fsp3) is 0.154. The molecule has 1 atom stereocenters. The number of imidazole rings is 1. The first-order valence-electron chi connectivity index (χ1n) is 10.6. The van der Waals surface area contributed by atoms with Crippen LogP contribution < -0.4 is 10.1 Å². The molecule has 0 saturated carbocycles. The van der Waals surface area contributed by atoms with Gasteiger partial charge in [-0.2, -0.15) is 0 Å². The molecule has 6 heteroatoms. The number of anilines is 1. The summed E-state index contributed by atoms with van der Waals surface area (Å²) in [7, 11) is 1.64. The average molecular weight is 425 g/mol. The smallest absolute Gasteiger partial charge is 0.338 e. The summed E-state index contributed by atoms with van der Waals surface area (Å²) in [6, 6.07) is 25.0. The number of carbonyl (C=O) groups is 1. The van der Waals surface area contributed by atoms with Gasteiger partial charge in [-0.25, -0.2) is 9.78 Å². The standard InChI is InChI=1S/C26H23N3O3/c1-3-32-25(30)22-23(17-10-5-4-6-11-17)28-26-27-20-14-7-8-15-21(20)29(26)24(22)18-12-9-13-19(16-18)31-2/h4-16,24H,3H2,1-2H3,(H,27,28). The molecular weight excluding hydrogens is 402 g/mol. The first kappa shape index (κ1) is 19.9. The van der Waals surface area contributed by atoms with Crippen LogP contribution in [0.5, 0.6) is 5.75 Å². The molecule has 4 aromatic rings. The van der Waals surface area contributed by atoms with Gasteiger partial charge in [0.05, 0.1) is 42.1 Å². The third-order valence-corrected chi connectivity index (χ3v) is 5.60. The maximum absolute atomic E-state index is 13.4. The number of carbonyl (C=O) groups excluding carboxylic acids is 1. The highest BCUT2D eigenvalue weighted by atomic mass is 16.5. The second-order valence-electron chi connectivity index (χ2n) is 7.47. The molecule has 160 valence electrons. The molecule has 2 heterocycles. The van der Waals surface area contributed by atoms with E-state index in [0.717, 1.165) is 27.9 Å². The fourth-order valence-corrected chi connectivity index (χ4v) is 4.22. The second-order valence-corrected chi connectivity index (χ2v) is 7.47. The van der Waals surface area contributed by atoms with E-state index in [0.29, 0.717) is 17.2 Å². The van der Waals surface area contributed by atoms with Crippen molar-refractivity contribution in [2.75, 3.05) is 19.0 Å². The third-order valence-electron chi connectivity index (χ3n) is 5.60. The van der Waals surface area contributed by atoms with Crippen LogP contribution in [0.1, 0.15) is 24.1 Å². The molecule has 6 nitrogen and oxygen atoms in total. The van der Waals surface area contributed by atoms with E-state index in [1.54, 1.807) is 7.11 Å². The topological polar surface area (TPSA) is 65.4 Å². The molecule has 1 N–H and O–H groups in total. The lowest BCUT2D eigenvalue weighted by Crippen LogP contribution is -2.29. The largest absolute Gasteiger partial charge is 0.497 e. The van der Waals surface area contributed by atoms with Crippen LogP contribution in [0.15, 0.2) is 84.4 Å². The van der Waals surface area contributed by atoms with Gasteiger partial charge in [-0.05, 0) is 42.3 Å². The first-order valence-corrected chi connectivity index (χ1v) is 10.6. The van der Waals surface area contributed by atoms with Crippen LogP contribution in [-0.4, -0.2) is 29.2 Å². The molecule has 0 radical (unpaired) electrons. The Hall–Kier alpha value is -4.06. The van der Waals surface area contributed by atoms with Gasteiger partial charge in [0.15, 0.2) is 0 Å². The van der Waals surface area contributed by atoms with Crippen molar-refractivity contribution in [2.24, 2.45) is 0 Å². The second kappa shape index (κ2) is 8.23. The number of nitrogens with one attached hydrogen (secondary N) is 1. The molecule has 1 unspecified atom stereocenters. The zero-order chi connectivity index (χ0) is 22.1. The highest BCUT2D eigenvalue weighted by Crippen LogP contribution is 2.42. The number of ether oxygens (including phenoxy) is 2. The van der Waals surface area contributed by atoms with Crippen molar-refractivity contribution >= 4 is 28.6 Å². The fourth-order valence-electron chi connectivity index (χ4n) is 4.22. The Labute approximate surface area is 186 Å². The maximum Gasteiger partial charge on any atom is 0.338 e. The minimum atomic E-state index is -0.442. The van der Waals surface area contributed by atoms with Gasteiger partial charge in [0.25, 0.3) is 0 Å². The molecule has 1 aliphatic rings. The van der Waals surface area contributed by atoms with Crippen LogP contribution in [0, 0.1) is 0 Å². The summed E-state index contributed by atoms with van der Waals surface area (Å²) in [5.41, 5.74) is 4.80. The molecular formula is C26H23N3O3. The van der Waals surface area contributed by atoms with Crippen molar-refractivity contribution in [2.45, 2.75) is 13.0 Å². The molecule has 0 fully saturated rings. The van der Waals surface area contributed by atoms with Gasteiger partial charge < -0.3 is 14.8 Å². The molecule has 1 aromatic heterocycles. The Morgan fingerprint density at radius 2 is 1.81 bits per heavy atom. The Kier molecular flexibility index (Phi) is 5.11. The summed E-state index contributed by atoms with van der Waals surface area (Å²) in [6.07, 6.45) is 0. The van der Waals surface area contributed by atoms with Crippen LogP contribution in [-0.2, 0) is 9.53 Å². The lowest BCUT2D eigenvalue weighted by molar-refractivity contribution is -0.138. The zero-order valence-electron chi connectivity index (χ0n) is 17.9. The summed E-state index contributed by atoms with van der Waals surface area (Å²) in [5.74, 6) is 1.03. The molecule has 0 bridgehead atoms. The van der Waals surface area contributed by atoms with Crippen LogP contribution in [0.4, 0.5) is 5.95 Å². The SMILES string of the molecule is CCOC(=O)C1=C(c2ccccc2)Nc2nc3ccccc3n2C1c1cccc(OC)c1. The molecule has 3 aromatic carbocycles.